The van der Waals surface area contributed by atoms with Crippen LogP contribution in [0, 0.1) is 6.92 Å². The van der Waals surface area contributed by atoms with Crippen molar-refractivity contribution in [2.24, 2.45) is 7.05 Å². The molecule has 0 saturated carbocycles. The Morgan fingerprint density at radius 1 is 1.27 bits per heavy atom. The number of aromatic carboxylic acids is 1. The van der Waals surface area contributed by atoms with E-state index in [1.807, 2.05) is 0 Å². The minimum Gasteiger partial charge on any atom is -0.477 e. The molecule has 0 bridgehead atoms. The van der Waals surface area contributed by atoms with E-state index in [2.05, 4.69) is 5.10 Å². The average Bonchev–Trinajstić information content (AvgIpc) is 3.04. The lowest BCUT2D eigenvalue weighted by molar-refractivity contribution is 0.0686. The second-order valence-electron chi connectivity index (χ2n) is 4.91. The second-order valence-corrected chi connectivity index (χ2v) is 6.83. The molecule has 0 aliphatic carbocycles. The molecule has 0 aliphatic rings. The van der Waals surface area contributed by atoms with Gasteiger partial charge in [0.05, 0.1) is 15.3 Å². The van der Waals surface area contributed by atoms with Crippen molar-refractivity contribution in [2.75, 3.05) is 0 Å². The van der Waals surface area contributed by atoms with Crippen molar-refractivity contribution in [1.29, 1.82) is 0 Å². The molecule has 8 heteroatoms. The average molecular weight is 319 g/mol. The van der Waals surface area contributed by atoms with Crippen LogP contribution in [0.15, 0.2) is 46.5 Å². The highest BCUT2D eigenvalue weighted by molar-refractivity contribution is 7.91. The predicted octanol–water partition coefficient (Wildman–Crippen LogP) is 1.51. The van der Waals surface area contributed by atoms with E-state index in [1.54, 1.807) is 29.9 Å². The standard InChI is InChI=1S/C14H13N3O4S/c1-9-13(8-12(14(18)19)16(9)2)22(20,21)11-4-6-17-10(7-11)3-5-15-17/h3-8H,1-2H3,(H,18,19). The Balaban J connectivity index is 2.21. The number of nitrogens with zero attached hydrogens (tertiary/aromatic N) is 3. The Labute approximate surface area is 126 Å². The number of sulfone groups is 1. The molecule has 3 heterocycles. The van der Waals surface area contributed by atoms with Gasteiger partial charge in [0.25, 0.3) is 0 Å². The molecule has 3 aromatic rings. The lowest BCUT2D eigenvalue weighted by Gasteiger charge is -2.05. The van der Waals surface area contributed by atoms with E-state index >= 15 is 0 Å². The van der Waals surface area contributed by atoms with Gasteiger partial charge in [0, 0.05) is 25.1 Å². The highest BCUT2D eigenvalue weighted by Crippen LogP contribution is 2.27. The summed E-state index contributed by atoms with van der Waals surface area (Å²) in [7, 11) is -2.27. The van der Waals surface area contributed by atoms with E-state index in [0.717, 1.165) is 0 Å². The molecule has 0 amide bonds. The van der Waals surface area contributed by atoms with Crippen molar-refractivity contribution in [3.05, 3.63) is 48.0 Å². The summed E-state index contributed by atoms with van der Waals surface area (Å²) in [6, 6.07) is 5.84. The van der Waals surface area contributed by atoms with Crippen LogP contribution in [0.5, 0.6) is 0 Å². The fourth-order valence-electron chi connectivity index (χ4n) is 2.34. The van der Waals surface area contributed by atoms with E-state index in [4.69, 9.17) is 5.11 Å². The lowest BCUT2D eigenvalue weighted by atomic mass is 10.4. The van der Waals surface area contributed by atoms with E-state index in [1.165, 1.54) is 29.8 Å². The Kier molecular flexibility index (Phi) is 3.06. The molecule has 0 atom stereocenters. The first-order chi connectivity index (χ1) is 10.3. The molecule has 22 heavy (non-hydrogen) atoms. The lowest BCUT2D eigenvalue weighted by Crippen LogP contribution is -2.06. The first kappa shape index (κ1) is 14.3. The van der Waals surface area contributed by atoms with Crippen molar-refractivity contribution < 1.29 is 18.3 Å². The Hall–Kier alpha value is -2.61. The zero-order valence-electron chi connectivity index (χ0n) is 11.9. The van der Waals surface area contributed by atoms with Gasteiger partial charge in [-0.1, -0.05) is 0 Å². The van der Waals surface area contributed by atoms with Gasteiger partial charge in [-0.3, -0.25) is 0 Å². The molecule has 114 valence electrons. The molecular weight excluding hydrogens is 306 g/mol. The van der Waals surface area contributed by atoms with Crippen LogP contribution in [0.1, 0.15) is 16.2 Å². The first-order valence-corrected chi connectivity index (χ1v) is 7.89. The van der Waals surface area contributed by atoms with Crippen molar-refractivity contribution >= 4 is 21.3 Å². The van der Waals surface area contributed by atoms with Crippen molar-refractivity contribution in [1.82, 2.24) is 14.2 Å². The zero-order valence-corrected chi connectivity index (χ0v) is 12.7. The topological polar surface area (TPSA) is 93.7 Å². The maximum atomic E-state index is 12.8. The molecule has 3 aromatic heterocycles. The maximum absolute atomic E-state index is 12.8. The number of pyridine rings is 1. The minimum atomic E-state index is -3.80. The van der Waals surface area contributed by atoms with Crippen molar-refractivity contribution in [3.8, 4) is 0 Å². The van der Waals surface area contributed by atoms with Gasteiger partial charge in [0.1, 0.15) is 5.69 Å². The zero-order chi connectivity index (χ0) is 16.1. The summed E-state index contributed by atoms with van der Waals surface area (Å²) in [5, 5.41) is 13.1. The minimum absolute atomic E-state index is 0.00346. The van der Waals surface area contributed by atoms with Crippen LogP contribution < -0.4 is 0 Å². The van der Waals surface area contributed by atoms with Gasteiger partial charge in [0.15, 0.2) is 0 Å². The number of carboxylic acids is 1. The summed E-state index contributed by atoms with van der Waals surface area (Å²) in [6.45, 7) is 1.58. The van der Waals surface area contributed by atoms with E-state index in [-0.39, 0.29) is 15.5 Å². The summed E-state index contributed by atoms with van der Waals surface area (Å²) in [5.41, 5.74) is 0.959. The third-order valence-electron chi connectivity index (χ3n) is 3.68. The molecule has 0 aliphatic heterocycles. The summed E-state index contributed by atoms with van der Waals surface area (Å²) in [6.07, 6.45) is 3.13. The quantitative estimate of drug-likeness (QED) is 0.790. The second kappa shape index (κ2) is 4.70. The summed E-state index contributed by atoms with van der Waals surface area (Å²) in [4.78, 5) is 11.3. The summed E-state index contributed by atoms with van der Waals surface area (Å²) >= 11 is 0. The third kappa shape index (κ3) is 2.00. The Bertz CT molecular complexity index is 998. The molecule has 0 saturated heterocycles. The van der Waals surface area contributed by atoms with Gasteiger partial charge in [-0.25, -0.2) is 17.7 Å². The Morgan fingerprint density at radius 2 is 2.00 bits per heavy atom. The summed E-state index contributed by atoms with van der Waals surface area (Å²) < 4.78 is 28.5. The van der Waals surface area contributed by atoms with Gasteiger partial charge < -0.3 is 9.67 Å². The van der Waals surface area contributed by atoms with Gasteiger partial charge in [-0.05, 0) is 31.2 Å². The maximum Gasteiger partial charge on any atom is 0.352 e. The highest BCUT2D eigenvalue weighted by atomic mass is 32.2. The highest BCUT2D eigenvalue weighted by Gasteiger charge is 2.26. The fraction of sp³-hybridized carbons (Fsp3) is 0.143. The largest absolute Gasteiger partial charge is 0.477 e. The van der Waals surface area contributed by atoms with Crippen LogP contribution in [-0.2, 0) is 16.9 Å². The molecule has 3 rings (SSSR count). The number of carbonyl (C=O) groups is 1. The molecule has 0 unspecified atom stereocenters. The predicted molar refractivity (Wildman–Crippen MR) is 77.8 cm³/mol. The molecule has 7 nitrogen and oxygen atoms in total. The molecule has 1 N–H and O–H groups in total. The van der Waals surface area contributed by atoms with Crippen LogP contribution in [0.25, 0.3) is 5.52 Å². The van der Waals surface area contributed by atoms with E-state index < -0.39 is 15.8 Å². The normalized spacial score (nSPS) is 11.9. The van der Waals surface area contributed by atoms with E-state index in [9.17, 15) is 13.2 Å². The van der Waals surface area contributed by atoms with Gasteiger partial charge in [-0.2, -0.15) is 5.10 Å². The molecule has 0 aromatic carbocycles. The number of carboxylic acid groups (broad SMARTS) is 1. The van der Waals surface area contributed by atoms with Gasteiger partial charge in [0.2, 0.25) is 9.84 Å². The smallest absolute Gasteiger partial charge is 0.352 e. The first-order valence-electron chi connectivity index (χ1n) is 6.40. The molecule has 0 radical (unpaired) electrons. The van der Waals surface area contributed by atoms with Crippen LogP contribution in [0.3, 0.4) is 0 Å². The van der Waals surface area contributed by atoms with E-state index in [0.29, 0.717) is 11.2 Å². The number of aromatic nitrogens is 3. The summed E-state index contributed by atoms with van der Waals surface area (Å²) in [5.74, 6) is -1.17. The number of hydrogen-bond acceptors (Lipinski definition) is 4. The molecule has 0 spiro atoms. The molecule has 0 fully saturated rings. The van der Waals surface area contributed by atoms with Crippen LogP contribution in [0.4, 0.5) is 0 Å². The number of fused-ring (bicyclic) bond motifs is 1. The van der Waals surface area contributed by atoms with Gasteiger partial charge in [-0.15, -0.1) is 0 Å². The third-order valence-corrected chi connectivity index (χ3v) is 5.55. The molecular formula is C14H13N3O4S. The van der Waals surface area contributed by atoms with Crippen LogP contribution in [-0.4, -0.2) is 33.7 Å². The van der Waals surface area contributed by atoms with Crippen molar-refractivity contribution in [3.63, 3.8) is 0 Å². The monoisotopic (exact) mass is 319 g/mol. The number of hydrogen-bond donors (Lipinski definition) is 1. The SMILES string of the molecule is Cc1c(S(=O)(=O)c2ccn3nccc3c2)cc(C(=O)O)n1C. The van der Waals surface area contributed by atoms with Crippen LogP contribution in [0.2, 0.25) is 0 Å². The Morgan fingerprint density at radius 3 is 2.64 bits per heavy atom. The number of rotatable bonds is 3. The van der Waals surface area contributed by atoms with Crippen LogP contribution >= 0.6 is 0 Å². The van der Waals surface area contributed by atoms with Crippen molar-refractivity contribution in [2.45, 2.75) is 16.7 Å². The fourth-order valence-corrected chi connectivity index (χ4v) is 3.91. The van der Waals surface area contributed by atoms with Gasteiger partial charge >= 0.3 is 5.97 Å².